The van der Waals surface area contributed by atoms with Gasteiger partial charge in [-0.3, -0.25) is 0 Å². The van der Waals surface area contributed by atoms with Crippen molar-refractivity contribution >= 4 is 28.4 Å². The highest BCUT2D eigenvalue weighted by molar-refractivity contribution is 6.33. The molecule has 0 bridgehead atoms. The number of oxazole rings is 1. The second-order valence-corrected chi connectivity index (χ2v) is 5.21. The first-order chi connectivity index (χ1) is 8.22. The Morgan fingerprint density at radius 1 is 1.35 bits per heavy atom. The van der Waals surface area contributed by atoms with Crippen molar-refractivity contribution in [3.05, 3.63) is 23.0 Å². The van der Waals surface area contributed by atoms with E-state index in [1.807, 2.05) is 0 Å². The Labute approximate surface area is 105 Å². The summed E-state index contributed by atoms with van der Waals surface area (Å²) in [5.74, 6) is 1.55. The van der Waals surface area contributed by atoms with Crippen molar-refractivity contribution in [2.24, 2.45) is 5.92 Å². The van der Waals surface area contributed by atoms with Crippen molar-refractivity contribution < 1.29 is 4.42 Å². The van der Waals surface area contributed by atoms with Crippen LogP contribution in [0.2, 0.25) is 5.02 Å². The largest absolute Gasteiger partial charge is 0.441 e. The van der Waals surface area contributed by atoms with Crippen LogP contribution in [0.4, 0.5) is 5.69 Å². The van der Waals surface area contributed by atoms with E-state index in [9.17, 15) is 0 Å². The number of rotatable bonds is 2. The number of hydrogen-bond acceptors (Lipinski definition) is 3. The fourth-order valence-corrected chi connectivity index (χ4v) is 2.72. The normalized spacial score (nSPS) is 17.0. The van der Waals surface area contributed by atoms with Crippen LogP contribution < -0.4 is 5.73 Å². The molecule has 0 atom stereocenters. The van der Waals surface area contributed by atoms with Crippen molar-refractivity contribution in [3.8, 4) is 0 Å². The van der Waals surface area contributed by atoms with E-state index in [0.29, 0.717) is 10.7 Å². The zero-order valence-corrected chi connectivity index (χ0v) is 10.3. The van der Waals surface area contributed by atoms with Gasteiger partial charge >= 0.3 is 0 Å². The number of halogens is 1. The van der Waals surface area contributed by atoms with Crippen molar-refractivity contribution in [3.63, 3.8) is 0 Å². The molecular weight excluding hydrogens is 236 g/mol. The highest BCUT2D eigenvalue weighted by Gasteiger charge is 2.18. The van der Waals surface area contributed by atoms with E-state index in [-0.39, 0.29) is 0 Å². The van der Waals surface area contributed by atoms with Crippen molar-refractivity contribution in [1.29, 1.82) is 0 Å². The van der Waals surface area contributed by atoms with Gasteiger partial charge in [-0.05, 0) is 24.8 Å². The third-order valence-electron chi connectivity index (χ3n) is 3.49. The molecule has 1 aliphatic rings. The van der Waals surface area contributed by atoms with Gasteiger partial charge in [-0.25, -0.2) is 4.98 Å². The van der Waals surface area contributed by atoms with E-state index >= 15 is 0 Å². The predicted octanol–water partition coefficient (Wildman–Crippen LogP) is 3.80. The number of nitrogens with two attached hydrogens (primary N) is 1. The van der Waals surface area contributed by atoms with Gasteiger partial charge in [0.1, 0.15) is 5.52 Å². The molecule has 1 aromatic carbocycles. The van der Waals surface area contributed by atoms with E-state index in [4.69, 9.17) is 21.8 Å². The van der Waals surface area contributed by atoms with Crippen LogP contribution in [0.25, 0.3) is 11.1 Å². The summed E-state index contributed by atoms with van der Waals surface area (Å²) in [5, 5.41) is 0.540. The van der Waals surface area contributed by atoms with Crippen LogP contribution in [-0.2, 0) is 6.42 Å². The third kappa shape index (κ3) is 2.12. The van der Waals surface area contributed by atoms with Crippen LogP contribution in [0, 0.1) is 5.92 Å². The molecular formula is C13H15ClN2O. The molecule has 1 heterocycles. The Kier molecular flexibility index (Phi) is 2.71. The fraction of sp³-hybridized carbons (Fsp3) is 0.462. The topological polar surface area (TPSA) is 52.0 Å². The first-order valence-corrected chi connectivity index (χ1v) is 6.44. The number of anilines is 1. The molecule has 3 nitrogen and oxygen atoms in total. The van der Waals surface area contributed by atoms with Gasteiger partial charge < -0.3 is 10.2 Å². The van der Waals surface area contributed by atoms with Gasteiger partial charge in [0.2, 0.25) is 0 Å². The minimum absolute atomic E-state index is 0.540. The smallest absolute Gasteiger partial charge is 0.195 e. The Morgan fingerprint density at radius 3 is 2.88 bits per heavy atom. The molecule has 0 saturated heterocycles. The van der Waals surface area contributed by atoms with Crippen LogP contribution in [0.3, 0.4) is 0 Å². The van der Waals surface area contributed by atoms with Gasteiger partial charge in [0.15, 0.2) is 11.5 Å². The summed E-state index contributed by atoms with van der Waals surface area (Å²) in [5.41, 5.74) is 7.82. The molecule has 1 aliphatic carbocycles. The Morgan fingerprint density at radius 2 is 2.12 bits per heavy atom. The lowest BCUT2D eigenvalue weighted by Gasteiger charge is -2.03. The quantitative estimate of drug-likeness (QED) is 0.825. The van der Waals surface area contributed by atoms with Crippen molar-refractivity contribution in [2.45, 2.75) is 32.1 Å². The summed E-state index contributed by atoms with van der Waals surface area (Å²) >= 11 is 5.96. The maximum Gasteiger partial charge on any atom is 0.195 e. The van der Waals surface area contributed by atoms with Gasteiger partial charge in [0, 0.05) is 12.5 Å². The van der Waals surface area contributed by atoms with Crippen LogP contribution in [0.1, 0.15) is 31.6 Å². The number of hydrogen-bond donors (Lipinski definition) is 1. The van der Waals surface area contributed by atoms with Crippen molar-refractivity contribution in [1.82, 2.24) is 4.98 Å². The lowest BCUT2D eigenvalue weighted by Crippen LogP contribution is -1.98. The van der Waals surface area contributed by atoms with Crippen LogP contribution in [0.5, 0.6) is 0 Å². The standard InChI is InChI=1S/C13H15ClN2O/c14-9-6-11-12(7-10(9)15)17-13(16-11)5-8-3-1-2-4-8/h6-8H,1-5,15H2. The summed E-state index contributed by atoms with van der Waals surface area (Å²) < 4.78 is 5.72. The third-order valence-corrected chi connectivity index (χ3v) is 3.82. The van der Waals surface area contributed by atoms with Gasteiger partial charge in [0.05, 0.1) is 10.7 Å². The first kappa shape index (κ1) is 10.9. The molecule has 0 aliphatic heterocycles. The lowest BCUT2D eigenvalue weighted by molar-refractivity contribution is 0.448. The molecule has 0 radical (unpaired) electrons. The van der Waals surface area contributed by atoms with Crippen molar-refractivity contribution in [2.75, 3.05) is 5.73 Å². The molecule has 1 aromatic heterocycles. The molecule has 3 rings (SSSR count). The van der Waals surface area contributed by atoms with Crippen LogP contribution in [0.15, 0.2) is 16.5 Å². The number of nitrogens with zero attached hydrogens (tertiary/aromatic N) is 1. The number of benzene rings is 1. The van der Waals surface area contributed by atoms with E-state index < -0.39 is 0 Å². The SMILES string of the molecule is Nc1cc2oc(CC3CCCC3)nc2cc1Cl. The highest BCUT2D eigenvalue weighted by Crippen LogP contribution is 2.30. The molecule has 1 saturated carbocycles. The number of nitrogen functional groups attached to an aromatic ring is 1. The summed E-state index contributed by atoms with van der Waals surface area (Å²) in [7, 11) is 0. The maximum absolute atomic E-state index is 5.96. The number of aromatic nitrogens is 1. The maximum atomic E-state index is 5.96. The van der Waals surface area contributed by atoms with E-state index in [2.05, 4.69) is 4.98 Å². The second-order valence-electron chi connectivity index (χ2n) is 4.80. The molecule has 0 spiro atoms. The molecule has 0 unspecified atom stereocenters. The minimum Gasteiger partial charge on any atom is -0.441 e. The Hall–Kier alpha value is -1.22. The van der Waals surface area contributed by atoms with E-state index in [0.717, 1.165) is 29.3 Å². The highest BCUT2D eigenvalue weighted by atomic mass is 35.5. The zero-order chi connectivity index (χ0) is 11.8. The van der Waals surface area contributed by atoms with Gasteiger partial charge in [-0.1, -0.05) is 24.4 Å². The number of fused-ring (bicyclic) bond motifs is 1. The van der Waals surface area contributed by atoms with Crippen LogP contribution >= 0.6 is 11.6 Å². The summed E-state index contributed by atoms with van der Waals surface area (Å²) in [6.45, 7) is 0. The Balaban J connectivity index is 1.90. The van der Waals surface area contributed by atoms with Crippen LogP contribution in [-0.4, -0.2) is 4.98 Å². The summed E-state index contributed by atoms with van der Waals surface area (Å²) in [6, 6.07) is 3.52. The van der Waals surface area contributed by atoms with Gasteiger partial charge in [-0.2, -0.15) is 0 Å². The molecule has 17 heavy (non-hydrogen) atoms. The minimum atomic E-state index is 0.540. The lowest BCUT2D eigenvalue weighted by atomic mass is 10.0. The van der Waals surface area contributed by atoms with Gasteiger partial charge in [0.25, 0.3) is 0 Å². The molecule has 1 fully saturated rings. The zero-order valence-electron chi connectivity index (χ0n) is 9.58. The predicted molar refractivity (Wildman–Crippen MR) is 69.1 cm³/mol. The van der Waals surface area contributed by atoms with E-state index in [1.54, 1.807) is 12.1 Å². The van der Waals surface area contributed by atoms with Gasteiger partial charge in [-0.15, -0.1) is 0 Å². The molecule has 2 N–H and O–H groups in total. The summed E-state index contributed by atoms with van der Waals surface area (Å²) in [4.78, 5) is 4.47. The molecule has 0 amide bonds. The molecule has 90 valence electrons. The second kappa shape index (κ2) is 4.22. The van der Waals surface area contributed by atoms with E-state index in [1.165, 1.54) is 25.7 Å². The molecule has 2 aromatic rings. The average Bonchev–Trinajstić information content (AvgIpc) is 2.89. The first-order valence-electron chi connectivity index (χ1n) is 6.07. The summed E-state index contributed by atoms with van der Waals surface area (Å²) in [6.07, 6.45) is 6.20. The Bertz CT molecular complexity index is 505. The average molecular weight is 251 g/mol. The fourth-order valence-electron chi connectivity index (χ4n) is 2.56. The monoisotopic (exact) mass is 250 g/mol. The molecule has 4 heteroatoms.